The van der Waals surface area contributed by atoms with Crippen molar-refractivity contribution in [2.24, 2.45) is 0 Å². The van der Waals surface area contributed by atoms with Crippen LogP contribution in [0.5, 0.6) is 0 Å². The summed E-state index contributed by atoms with van der Waals surface area (Å²) < 4.78 is 0. The summed E-state index contributed by atoms with van der Waals surface area (Å²) in [5.41, 5.74) is 0. The second-order valence-electron chi connectivity index (χ2n) is 4.85. The zero-order valence-corrected chi connectivity index (χ0v) is 8.02. The van der Waals surface area contributed by atoms with Crippen LogP contribution in [0, 0.1) is 0 Å². The van der Waals surface area contributed by atoms with Crippen LogP contribution < -0.4 is 0 Å². The lowest BCUT2D eigenvalue weighted by molar-refractivity contribution is 0.351. The molecule has 0 aliphatic carbocycles. The smallest absolute Gasteiger partial charge is 0.103 e. The van der Waals surface area contributed by atoms with Crippen molar-refractivity contribution in [3.8, 4) is 0 Å². The van der Waals surface area contributed by atoms with E-state index in [9.17, 15) is 0 Å². The molecule has 0 aromatic rings. The van der Waals surface area contributed by atoms with E-state index in [1.165, 1.54) is 52.2 Å². The van der Waals surface area contributed by atoms with Gasteiger partial charge in [-0.25, -0.2) is 0 Å². The fourth-order valence-electron chi connectivity index (χ4n) is 3.42. The Morgan fingerprint density at radius 2 is 2.00 bits per heavy atom. The third kappa shape index (κ3) is 1.46. The lowest BCUT2D eigenvalue weighted by Crippen LogP contribution is -2.32. The summed E-state index contributed by atoms with van der Waals surface area (Å²) in [6, 6.07) is 0. The Hall–Kier alpha value is -0.195. The Kier molecular flexibility index (Phi) is 2.30. The minimum Gasteiger partial charge on any atom is -0.103 e. The minimum absolute atomic E-state index is 0.711. The third-order valence-electron chi connectivity index (χ3n) is 3.94. The van der Waals surface area contributed by atoms with Crippen LogP contribution in [0.4, 0.5) is 0 Å². The van der Waals surface area contributed by atoms with Crippen LogP contribution in [-0.2, 0) is 0 Å². The quantitative estimate of drug-likeness (QED) is 0.431. The summed E-state index contributed by atoms with van der Waals surface area (Å²) in [4.78, 5) is 0. The molecule has 0 radical (unpaired) electrons. The summed E-state index contributed by atoms with van der Waals surface area (Å²) in [5, 5.41) is 0.711. The molecule has 2 fully saturated rings. The molecule has 0 unspecified atom stereocenters. The van der Waals surface area contributed by atoms with Crippen LogP contribution in [0.1, 0.15) is 44.9 Å². The molecule has 2 bridgehead atoms. The third-order valence-corrected chi connectivity index (χ3v) is 3.94. The largest absolute Gasteiger partial charge is 0.131 e. The van der Waals surface area contributed by atoms with E-state index in [0.717, 1.165) is 5.82 Å². The van der Waals surface area contributed by atoms with Gasteiger partial charge in [-0.1, -0.05) is 55.7 Å². The maximum absolute atomic E-state index is 3.90. The van der Waals surface area contributed by atoms with Crippen LogP contribution >= 0.6 is 0 Å². The van der Waals surface area contributed by atoms with E-state index in [0.29, 0.717) is 5.31 Å². The molecule has 0 atom stereocenters. The van der Waals surface area contributed by atoms with Crippen molar-refractivity contribution in [2.45, 2.75) is 56.1 Å². The Bertz CT molecular complexity index is 164. The van der Waals surface area contributed by atoms with E-state index in [2.05, 4.69) is 12.7 Å². The van der Waals surface area contributed by atoms with Crippen LogP contribution in [-0.4, -0.2) is 7.28 Å². The van der Waals surface area contributed by atoms with E-state index in [1.807, 2.05) is 0 Å². The van der Waals surface area contributed by atoms with Crippen molar-refractivity contribution in [3.05, 3.63) is 12.7 Å². The fourth-order valence-corrected chi connectivity index (χ4v) is 3.42. The predicted octanol–water partition coefficient (Wildman–Crippen LogP) is 3.31. The number of allylic oxidation sites excluding steroid dienone is 1. The van der Waals surface area contributed by atoms with Crippen LogP contribution in [0.25, 0.3) is 0 Å². The number of hydrogen-bond acceptors (Lipinski definition) is 0. The topological polar surface area (TPSA) is 0 Å². The van der Waals surface area contributed by atoms with Crippen molar-refractivity contribution in [2.75, 3.05) is 0 Å². The Morgan fingerprint density at radius 1 is 1.33 bits per heavy atom. The standard InChI is InChI=1S/C11H19B/c1-2-7-11-8-3-5-10(12-11)6-4-9-11/h2,10,12H,1,3-9H2. The monoisotopic (exact) mass is 162 g/mol. The van der Waals surface area contributed by atoms with E-state index >= 15 is 0 Å². The predicted molar refractivity (Wildman–Crippen MR) is 56.1 cm³/mol. The molecule has 2 saturated heterocycles. The molecule has 0 nitrogen and oxygen atoms in total. The van der Waals surface area contributed by atoms with Gasteiger partial charge in [0, 0.05) is 0 Å². The second kappa shape index (κ2) is 3.28. The van der Waals surface area contributed by atoms with E-state index < -0.39 is 0 Å². The first kappa shape index (κ1) is 8.41. The zero-order valence-electron chi connectivity index (χ0n) is 8.02. The van der Waals surface area contributed by atoms with Crippen molar-refractivity contribution < 1.29 is 0 Å². The molecule has 0 aromatic heterocycles. The van der Waals surface area contributed by atoms with E-state index in [4.69, 9.17) is 0 Å². The first-order chi connectivity index (χ1) is 5.85. The minimum atomic E-state index is 0.711. The molecule has 66 valence electrons. The van der Waals surface area contributed by atoms with Gasteiger partial charge in [0.05, 0.1) is 0 Å². The average Bonchev–Trinajstić information content (AvgIpc) is 2.04. The van der Waals surface area contributed by atoms with Gasteiger partial charge < -0.3 is 0 Å². The van der Waals surface area contributed by atoms with Crippen LogP contribution in [0.2, 0.25) is 11.1 Å². The molecule has 1 heteroatoms. The molecule has 0 aromatic carbocycles. The molecule has 0 spiro atoms. The van der Waals surface area contributed by atoms with E-state index in [-0.39, 0.29) is 0 Å². The highest BCUT2D eigenvalue weighted by Crippen LogP contribution is 2.53. The normalized spacial score (nSPS) is 40.2. The lowest BCUT2D eigenvalue weighted by atomic mass is 9.35. The van der Waals surface area contributed by atoms with Gasteiger partial charge in [0.25, 0.3) is 0 Å². The molecule has 2 aliphatic rings. The molecular weight excluding hydrogens is 143 g/mol. The van der Waals surface area contributed by atoms with Gasteiger partial charge in [-0.05, 0) is 6.42 Å². The molecule has 0 saturated carbocycles. The van der Waals surface area contributed by atoms with Crippen LogP contribution in [0.15, 0.2) is 12.7 Å². The maximum Gasteiger partial charge on any atom is 0.131 e. The van der Waals surface area contributed by atoms with Gasteiger partial charge in [-0.15, -0.1) is 6.58 Å². The van der Waals surface area contributed by atoms with Gasteiger partial charge in [0.1, 0.15) is 7.28 Å². The van der Waals surface area contributed by atoms with Crippen molar-refractivity contribution in [1.29, 1.82) is 0 Å². The molecule has 0 N–H and O–H groups in total. The van der Waals surface area contributed by atoms with Crippen molar-refractivity contribution >= 4 is 7.28 Å². The molecule has 2 aliphatic heterocycles. The highest BCUT2D eigenvalue weighted by atomic mass is 14.3. The zero-order chi connectivity index (χ0) is 8.44. The summed E-state index contributed by atoms with van der Waals surface area (Å²) in [6.07, 6.45) is 12.4. The highest BCUT2D eigenvalue weighted by molar-refractivity contribution is 6.42. The Labute approximate surface area is 76.7 Å². The van der Waals surface area contributed by atoms with Gasteiger partial charge in [-0.3, -0.25) is 0 Å². The van der Waals surface area contributed by atoms with Crippen molar-refractivity contribution in [1.82, 2.24) is 0 Å². The Morgan fingerprint density at radius 3 is 2.58 bits per heavy atom. The first-order valence-corrected chi connectivity index (χ1v) is 5.46. The van der Waals surface area contributed by atoms with Gasteiger partial charge in [0.15, 0.2) is 0 Å². The number of fused-ring (bicyclic) bond motifs is 2. The summed E-state index contributed by atoms with van der Waals surface area (Å²) in [5.74, 6) is 1.08. The molecule has 12 heavy (non-hydrogen) atoms. The summed E-state index contributed by atoms with van der Waals surface area (Å²) >= 11 is 0. The summed E-state index contributed by atoms with van der Waals surface area (Å²) in [7, 11) is 1.51. The van der Waals surface area contributed by atoms with E-state index in [1.54, 1.807) is 0 Å². The second-order valence-corrected chi connectivity index (χ2v) is 4.85. The van der Waals surface area contributed by atoms with Gasteiger partial charge in [0.2, 0.25) is 0 Å². The highest BCUT2D eigenvalue weighted by Gasteiger charge is 2.38. The maximum atomic E-state index is 3.90. The van der Waals surface area contributed by atoms with Crippen molar-refractivity contribution in [3.63, 3.8) is 0 Å². The molecular formula is C11H19B. The number of hydrogen-bond donors (Lipinski definition) is 0. The van der Waals surface area contributed by atoms with Crippen LogP contribution in [0.3, 0.4) is 0 Å². The molecule has 0 amide bonds. The fraction of sp³-hybridized carbons (Fsp3) is 0.818. The summed E-state index contributed by atoms with van der Waals surface area (Å²) in [6.45, 7) is 3.90. The molecule has 2 rings (SSSR count). The Balaban J connectivity index is 2.06. The first-order valence-electron chi connectivity index (χ1n) is 5.46. The SMILES string of the molecule is C=CCC12BC(CCC1)CCC2. The molecule has 2 heterocycles. The lowest BCUT2D eigenvalue weighted by Gasteiger charge is -2.44. The van der Waals surface area contributed by atoms with Gasteiger partial charge >= 0.3 is 0 Å². The number of rotatable bonds is 2. The van der Waals surface area contributed by atoms with Gasteiger partial charge in [-0.2, -0.15) is 0 Å². The average molecular weight is 162 g/mol.